The highest BCUT2D eigenvalue weighted by Crippen LogP contribution is 2.25. The maximum absolute atomic E-state index is 3.64. The third-order valence-corrected chi connectivity index (χ3v) is 4.14. The molecule has 0 amide bonds. The topological polar surface area (TPSA) is 12.0 Å². The molecular weight excluding hydrogens is 282 g/mol. The molecule has 0 aliphatic rings. The molecule has 0 fully saturated rings. The van der Waals surface area contributed by atoms with Crippen molar-refractivity contribution in [2.24, 2.45) is 0 Å². The van der Waals surface area contributed by atoms with Gasteiger partial charge in [-0.1, -0.05) is 42.8 Å². The van der Waals surface area contributed by atoms with Crippen LogP contribution in [0.5, 0.6) is 0 Å². The first-order valence-electron chi connectivity index (χ1n) is 5.78. The Morgan fingerprint density at radius 3 is 2.69 bits per heavy atom. The molecule has 1 aromatic carbocycles. The summed E-state index contributed by atoms with van der Waals surface area (Å²) in [5, 5.41) is 3.43. The molecule has 0 aliphatic heterocycles. The predicted molar refractivity (Wildman–Crippen MR) is 77.1 cm³/mol. The van der Waals surface area contributed by atoms with E-state index < -0.39 is 0 Å². The summed E-state index contributed by atoms with van der Waals surface area (Å²) in [7, 11) is 0. The van der Waals surface area contributed by atoms with Crippen molar-refractivity contribution in [2.45, 2.75) is 44.7 Å². The normalized spacial score (nSPS) is 11.1. The van der Waals surface area contributed by atoms with Gasteiger partial charge in [0.25, 0.3) is 0 Å². The summed E-state index contributed by atoms with van der Waals surface area (Å²) in [6.07, 6.45) is 1.22. The van der Waals surface area contributed by atoms with Crippen LogP contribution in [0.1, 0.15) is 32.8 Å². The van der Waals surface area contributed by atoms with Crippen molar-refractivity contribution >= 4 is 27.7 Å². The maximum Gasteiger partial charge on any atom is 0.0231 e. The summed E-state index contributed by atoms with van der Waals surface area (Å²) < 4.78 is 1.21. The molecule has 0 spiro atoms. The number of nitrogens with one attached hydrogen (secondary N) is 1. The Balaban J connectivity index is 2.60. The van der Waals surface area contributed by atoms with Gasteiger partial charge in [0.15, 0.2) is 0 Å². The molecule has 0 heterocycles. The van der Waals surface area contributed by atoms with Gasteiger partial charge in [-0.15, -0.1) is 11.8 Å². The Bertz CT molecular complexity index is 326. The number of hydrogen-bond donors (Lipinski definition) is 1. The molecule has 1 N–H and O–H groups in total. The molecular formula is C13H20BrNS. The van der Waals surface area contributed by atoms with E-state index in [1.807, 2.05) is 11.8 Å². The first-order valence-corrected chi connectivity index (χ1v) is 7.56. The van der Waals surface area contributed by atoms with Crippen LogP contribution in [0.3, 0.4) is 0 Å². The molecule has 0 atom stereocenters. The van der Waals surface area contributed by atoms with E-state index in [4.69, 9.17) is 0 Å². The fraction of sp³-hybridized carbons (Fsp3) is 0.538. The molecule has 1 aromatic rings. The molecule has 0 aromatic heterocycles. The van der Waals surface area contributed by atoms with Crippen LogP contribution in [0.4, 0.5) is 0 Å². The number of rotatable bonds is 6. The van der Waals surface area contributed by atoms with E-state index in [1.54, 1.807) is 0 Å². The van der Waals surface area contributed by atoms with Gasteiger partial charge >= 0.3 is 0 Å². The first kappa shape index (κ1) is 14.1. The van der Waals surface area contributed by atoms with Crippen molar-refractivity contribution in [1.82, 2.24) is 5.32 Å². The molecule has 0 saturated carbocycles. The van der Waals surface area contributed by atoms with Gasteiger partial charge in [0.2, 0.25) is 0 Å². The quantitative estimate of drug-likeness (QED) is 0.779. The second-order valence-corrected chi connectivity index (χ2v) is 6.16. The molecule has 0 bridgehead atoms. The van der Waals surface area contributed by atoms with Crippen LogP contribution in [-0.4, -0.2) is 11.8 Å². The molecule has 0 saturated heterocycles. The summed E-state index contributed by atoms with van der Waals surface area (Å²) in [4.78, 5) is 1.35. The molecule has 3 heteroatoms. The van der Waals surface area contributed by atoms with Gasteiger partial charge in [-0.25, -0.2) is 0 Å². The van der Waals surface area contributed by atoms with Gasteiger partial charge in [0.1, 0.15) is 0 Å². The second-order valence-electron chi connectivity index (χ2n) is 4.14. The predicted octanol–water partition coefficient (Wildman–Crippen LogP) is 4.45. The van der Waals surface area contributed by atoms with Gasteiger partial charge in [-0.3, -0.25) is 0 Å². The average molecular weight is 302 g/mol. The van der Waals surface area contributed by atoms with E-state index in [9.17, 15) is 0 Å². The Labute approximate surface area is 112 Å². The van der Waals surface area contributed by atoms with Crippen molar-refractivity contribution in [3.05, 3.63) is 28.2 Å². The summed E-state index contributed by atoms with van der Waals surface area (Å²) in [6.45, 7) is 7.47. The lowest BCUT2D eigenvalue weighted by Crippen LogP contribution is -2.21. The van der Waals surface area contributed by atoms with Crippen molar-refractivity contribution in [3.8, 4) is 0 Å². The Kier molecular flexibility index (Phi) is 6.47. The monoisotopic (exact) mass is 301 g/mol. The van der Waals surface area contributed by atoms with Crippen LogP contribution in [0, 0.1) is 0 Å². The van der Waals surface area contributed by atoms with E-state index in [0.29, 0.717) is 6.04 Å². The van der Waals surface area contributed by atoms with Gasteiger partial charge in [-0.2, -0.15) is 0 Å². The molecule has 1 rings (SSSR count). The fourth-order valence-electron chi connectivity index (χ4n) is 1.30. The highest BCUT2D eigenvalue weighted by molar-refractivity contribution is 9.10. The molecule has 90 valence electrons. The van der Waals surface area contributed by atoms with E-state index >= 15 is 0 Å². The van der Waals surface area contributed by atoms with E-state index in [1.165, 1.54) is 27.1 Å². The zero-order valence-corrected chi connectivity index (χ0v) is 12.6. The van der Waals surface area contributed by atoms with Crippen molar-refractivity contribution in [3.63, 3.8) is 0 Å². The minimum atomic E-state index is 0.529. The number of benzene rings is 1. The van der Waals surface area contributed by atoms with Crippen LogP contribution in [0.2, 0.25) is 0 Å². The molecule has 0 radical (unpaired) electrons. The maximum atomic E-state index is 3.64. The number of hydrogen-bond acceptors (Lipinski definition) is 2. The molecule has 0 unspecified atom stereocenters. The summed E-state index contributed by atoms with van der Waals surface area (Å²) in [5.74, 6) is 1.19. The van der Waals surface area contributed by atoms with Gasteiger partial charge in [0.05, 0.1) is 0 Å². The minimum absolute atomic E-state index is 0.529. The van der Waals surface area contributed by atoms with Crippen LogP contribution in [0.25, 0.3) is 0 Å². The first-order chi connectivity index (χ1) is 7.63. The van der Waals surface area contributed by atoms with Crippen LogP contribution >= 0.6 is 27.7 Å². The fourth-order valence-corrected chi connectivity index (χ4v) is 2.77. The Morgan fingerprint density at radius 2 is 2.12 bits per heavy atom. The highest BCUT2D eigenvalue weighted by atomic mass is 79.9. The van der Waals surface area contributed by atoms with Crippen molar-refractivity contribution in [1.29, 1.82) is 0 Å². The number of halogens is 1. The Hall–Kier alpha value is 0.01000. The van der Waals surface area contributed by atoms with Crippen molar-refractivity contribution in [2.75, 3.05) is 5.75 Å². The SMILES string of the molecule is CCCSc1ccc(CNC(C)C)c(Br)c1. The third kappa shape index (κ3) is 4.89. The minimum Gasteiger partial charge on any atom is -0.310 e. The lowest BCUT2D eigenvalue weighted by molar-refractivity contribution is 0.587. The zero-order chi connectivity index (χ0) is 12.0. The summed E-state index contributed by atoms with van der Waals surface area (Å²) >= 11 is 5.55. The van der Waals surface area contributed by atoms with Crippen LogP contribution < -0.4 is 5.32 Å². The van der Waals surface area contributed by atoms with Gasteiger partial charge < -0.3 is 5.32 Å². The van der Waals surface area contributed by atoms with Crippen molar-refractivity contribution < 1.29 is 0 Å². The van der Waals surface area contributed by atoms with E-state index in [-0.39, 0.29) is 0 Å². The molecule has 16 heavy (non-hydrogen) atoms. The highest BCUT2D eigenvalue weighted by Gasteiger charge is 2.02. The van der Waals surface area contributed by atoms with Gasteiger partial charge in [-0.05, 0) is 29.9 Å². The van der Waals surface area contributed by atoms with Gasteiger partial charge in [0, 0.05) is 22.0 Å². The Morgan fingerprint density at radius 1 is 1.38 bits per heavy atom. The van der Waals surface area contributed by atoms with Crippen LogP contribution in [0.15, 0.2) is 27.6 Å². The third-order valence-electron chi connectivity index (χ3n) is 2.20. The van der Waals surface area contributed by atoms with E-state index in [0.717, 1.165) is 6.54 Å². The van der Waals surface area contributed by atoms with Crippen LogP contribution in [-0.2, 0) is 6.54 Å². The lowest BCUT2D eigenvalue weighted by Gasteiger charge is -2.10. The smallest absolute Gasteiger partial charge is 0.0231 e. The summed E-state index contributed by atoms with van der Waals surface area (Å²) in [6, 6.07) is 7.17. The standard InChI is InChI=1S/C13H20BrNS/c1-4-7-16-12-6-5-11(13(14)8-12)9-15-10(2)3/h5-6,8,10,15H,4,7,9H2,1-3H3. The lowest BCUT2D eigenvalue weighted by atomic mass is 10.2. The average Bonchev–Trinajstić information content (AvgIpc) is 2.24. The van der Waals surface area contributed by atoms with E-state index in [2.05, 4.69) is 60.2 Å². The largest absolute Gasteiger partial charge is 0.310 e. The summed E-state index contributed by atoms with van der Waals surface area (Å²) in [5.41, 5.74) is 1.33. The zero-order valence-electron chi connectivity index (χ0n) is 10.2. The molecule has 0 aliphatic carbocycles. The number of thioether (sulfide) groups is 1. The second kappa shape index (κ2) is 7.36. The molecule has 1 nitrogen and oxygen atoms in total.